The van der Waals surface area contributed by atoms with Crippen molar-refractivity contribution in [3.63, 3.8) is 0 Å². The van der Waals surface area contributed by atoms with Crippen molar-refractivity contribution in [2.75, 3.05) is 0 Å². The van der Waals surface area contributed by atoms with Crippen molar-refractivity contribution < 1.29 is 18.3 Å². The van der Waals surface area contributed by atoms with Gasteiger partial charge in [0.1, 0.15) is 0 Å². The van der Waals surface area contributed by atoms with E-state index in [0.29, 0.717) is 30.3 Å². The van der Waals surface area contributed by atoms with Gasteiger partial charge in [-0.05, 0) is 37.5 Å². The van der Waals surface area contributed by atoms with Crippen molar-refractivity contribution in [3.8, 4) is 0 Å². The van der Waals surface area contributed by atoms with Gasteiger partial charge in [-0.25, -0.2) is 13.2 Å². The van der Waals surface area contributed by atoms with Gasteiger partial charge in [-0.3, -0.25) is 4.79 Å². The molecule has 9 heteroatoms. The average Bonchev–Trinajstić information content (AvgIpc) is 3.16. The molecule has 1 aromatic carbocycles. The minimum Gasteiger partial charge on any atom is -0.481 e. The molecule has 0 radical (unpaired) electrons. The topological polar surface area (TPSA) is 123 Å². The van der Waals surface area contributed by atoms with Gasteiger partial charge in [0.25, 0.3) is 0 Å². The van der Waals surface area contributed by atoms with E-state index in [0.717, 1.165) is 0 Å². The van der Waals surface area contributed by atoms with Gasteiger partial charge in [0.15, 0.2) is 0 Å². The first kappa shape index (κ1) is 14.5. The SMILES string of the molecule is O=C(O)C1CC2CCC1N2S(=O)(=O)c1ccc2[nH]c(=O)[nH]c2c1. The summed E-state index contributed by atoms with van der Waals surface area (Å²) in [5.74, 6) is -1.58. The molecule has 2 aliphatic rings. The van der Waals surface area contributed by atoms with Crippen LogP contribution in [0.2, 0.25) is 0 Å². The molecule has 0 aliphatic carbocycles. The van der Waals surface area contributed by atoms with E-state index in [2.05, 4.69) is 9.97 Å². The van der Waals surface area contributed by atoms with Crippen LogP contribution in [0, 0.1) is 5.92 Å². The quantitative estimate of drug-likeness (QED) is 0.752. The summed E-state index contributed by atoms with van der Waals surface area (Å²) >= 11 is 0. The Morgan fingerprint density at radius 2 is 1.96 bits per heavy atom. The molecule has 122 valence electrons. The third-order valence-corrected chi connectivity index (χ3v) is 6.83. The van der Waals surface area contributed by atoms with E-state index in [9.17, 15) is 23.1 Å². The third-order valence-electron chi connectivity index (χ3n) is 4.85. The van der Waals surface area contributed by atoms with E-state index >= 15 is 0 Å². The summed E-state index contributed by atoms with van der Waals surface area (Å²) in [4.78, 5) is 27.8. The van der Waals surface area contributed by atoms with Gasteiger partial charge in [-0.15, -0.1) is 0 Å². The number of hydrogen-bond donors (Lipinski definition) is 3. The third kappa shape index (κ3) is 2.03. The number of aliphatic carboxylic acids is 1. The van der Waals surface area contributed by atoms with Crippen molar-refractivity contribution in [1.29, 1.82) is 0 Å². The Kier molecular flexibility index (Phi) is 2.94. The second-order valence-electron chi connectivity index (χ2n) is 6.10. The molecule has 2 saturated heterocycles. The van der Waals surface area contributed by atoms with Crippen LogP contribution in [0.15, 0.2) is 27.9 Å². The molecular weight excluding hydrogens is 322 g/mol. The standard InChI is InChI=1S/C14H15N3O5S/c18-13(19)9-5-7-1-4-12(9)17(7)23(21,22)8-2-3-10-11(6-8)16-14(20)15-10/h2-3,6-7,9,12H,1,4-5H2,(H,18,19)(H2,15,16,20). The Morgan fingerprint density at radius 3 is 2.65 bits per heavy atom. The number of benzene rings is 1. The van der Waals surface area contributed by atoms with Gasteiger partial charge >= 0.3 is 11.7 Å². The monoisotopic (exact) mass is 337 g/mol. The molecule has 0 saturated carbocycles. The Balaban J connectivity index is 1.77. The highest BCUT2D eigenvalue weighted by atomic mass is 32.2. The summed E-state index contributed by atoms with van der Waals surface area (Å²) in [6.45, 7) is 0. The van der Waals surface area contributed by atoms with Crippen LogP contribution in [-0.2, 0) is 14.8 Å². The van der Waals surface area contributed by atoms with Gasteiger partial charge < -0.3 is 15.1 Å². The maximum Gasteiger partial charge on any atom is 0.323 e. The predicted octanol–water partition coefficient (Wildman–Crippen LogP) is 0.482. The summed E-state index contributed by atoms with van der Waals surface area (Å²) < 4.78 is 27.2. The maximum atomic E-state index is 12.9. The Labute approximate surface area is 131 Å². The van der Waals surface area contributed by atoms with Crippen molar-refractivity contribution in [3.05, 3.63) is 28.7 Å². The maximum absolute atomic E-state index is 12.9. The van der Waals surface area contributed by atoms with E-state index in [-0.39, 0.29) is 10.9 Å². The van der Waals surface area contributed by atoms with E-state index in [1.54, 1.807) is 0 Å². The number of nitrogens with zero attached hydrogens (tertiary/aromatic N) is 1. The molecule has 3 unspecified atom stereocenters. The fourth-order valence-corrected chi connectivity index (χ4v) is 5.82. The minimum absolute atomic E-state index is 0.0724. The lowest BCUT2D eigenvalue weighted by Gasteiger charge is -2.22. The number of hydrogen-bond acceptors (Lipinski definition) is 4. The molecule has 0 amide bonds. The summed E-state index contributed by atoms with van der Waals surface area (Å²) in [7, 11) is -3.79. The zero-order valence-electron chi connectivity index (χ0n) is 12.0. The first-order chi connectivity index (χ1) is 10.9. The number of carboxylic acid groups (broad SMARTS) is 1. The summed E-state index contributed by atoms with van der Waals surface area (Å²) in [6, 6.07) is 3.65. The highest BCUT2D eigenvalue weighted by Gasteiger charge is 2.54. The minimum atomic E-state index is -3.79. The number of carbonyl (C=O) groups is 1. The zero-order chi connectivity index (χ0) is 16.4. The Bertz CT molecular complexity index is 960. The molecule has 3 N–H and O–H groups in total. The second-order valence-corrected chi connectivity index (χ2v) is 7.94. The van der Waals surface area contributed by atoms with Crippen LogP contribution in [0.5, 0.6) is 0 Å². The molecule has 1 aromatic heterocycles. The van der Waals surface area contributed by atoms with Crippen LogP contribution in [0.3, 0.4) is 0 Å². The normalized spacial score (nSPS) is 27.7. The molecule has 3 atom stereocenters. The van der Waals surface area contributed by atoms with E-state index < -0.39 is 33.6 Å². The molecule has 2 aromatic rings. The molecule has 4 rings (SSSR count). The summed E-state index contributed by atoms with van der Waals surface area (Å²) in [6.07, 6.45) is 1.63. The van der Waals surface area contributed by atoms with Crippen molar-refractivity contribution in [1.82, 2.24) is 14.3 Å². The number of rotatable bonds is 3. The first-order valence-electron chi connectivity index (χ1n) is 7.36. The smallest absolute Gasteiger partial charge is 0.323 e. The number of nitrogens with one attached hydrogen (secondary N) is 2. The lowest BCUT2D eigenvalue weighted by molar-refractivity contribution is -0.142. The molecule has 3 heterocycles. The van der Waals surface area contributed by atoms with E-state index in [1.807, 2.05) is 0 Å². The van der Waals surface area contributed by atoms with Crippen molar-refractivity contribution >= 4 is 27.0 Å². The number of H-pyrrole nitrogens is 2. The number of fused-ring (bicyclic) bond motifs is 3. The number of aromatic nitrogens is 2. The summed E-state index contributed by atoms with van der Waals surface area (Å²) in [5, 5.41) is 9.27. The predicted molar refractivity (Wildman–Crippen MR) is 80.5 cm³/mol. The van der Waals surface area contributed by atoms with Crippen LogP contribution in [0.1, 0.15) is 19.3 Å². The van der Waals surface area contributed by atoms with E-state index in [4.69, 9.17) is 0 Å². The van der Waals surface area contributed by atoms with Gasteiger partial charge in [0.05, 0.1) is 21.8 Å². The Hall–Kier alpha value is -2.13. The van der Waals surface area contributed by atoms with Gasteiger partial charge in [0.2, 0.25) is 10.0 Å². The molecule has 8 nitrogen and oxygen atoms in total. The first-order valence-corrected chi connectivity index (χ1v) is 8.80. The number of carboxylic acids is 1. The molecule has 23 heavy (non-hydrogen) atoms. The molecule has 2 bridgehead atoms. The zero-order valence-corrected chi connectivity index (χ0v) is 12.8. The highest BCUT2D eigenvalue weighted by molar-refractivity contribution is 7.89. The van der Waals surface area contributed by atoms with Gasteiger partial charge in [-0.2, -0.15) is 4.31 Å². The molecular formula is C14H15N3O5S. The van der Waals surface area contributed by atoms with Crippen molar-refractivity contribution in [2.24, 2.45) is 5.92 Å². The van der Waals surface area contributed by atoms with Crippen LogP contribution >= 0.6 is 0 Å². The molecule has 2 fully saturated rings. The average molecular weight is 337 g/mol. The van der Waals surface area contributed by atoms with Crippen LogP contribution in [0.4, 0.5) is 0 Å². The van der Waals surface area contributed by atoms with Crippen LogP contribution < -0.4 is 5.69 Å². The number of aromatic amines is 2. The molecule has 0 spiro atoms. The lowest BCUT2D eigenvalue weighted by atomic mass is 9.89. The fourth-order valence-electron chi connectivity index (χ4n) is 3.87. The Morgan fingerprint density at radius 1 is 1.22 bits per heavy atom. The second kappa shape index (κ2) is 4.68. The summed E-state index contributed by atoms with van der Waals surface area (Å²) in [5.41, 5.74) is 0.542. The lowest BCUT2D eigenvalue weighted by Crippen LogP contribution is -2.37. The van der Waals surface area contributed by atoms with Crippen LogP contribution in [0.25, 0.3) is 11.0 Å². The fraction of sp³-hybridized carbons (Fsp3) is 0.429. The van der Waals surface area contributed by atoms with Gasteiger partial charge in [0, 0.05) is 12.1 Å². The number of imidazole rings is 1. The van der Waals surface area contributed by atoms with E-state index in [1.165, 1.54) is 22.5 Å². The largest absolute Gasteiger partial charge is 0.481 e. The van der Waals surface area contributed by atoms with Crippen molar-refractivity contribution in [2.45, 2.75) is 36.2 Å². The number of sulfonamides is 1. The highest BCUT2D eigenvalue weighted by Crippen LogP contribution is 2.45. The van der Waals surface area contributed by atoms with Crippen LogP contribution in [-0.4, -0.2) is 45.9 Å². The van der Waals surface area contributed by atoms with Gasteiger partial charge in [-0.1, -0.05) is 0 Å². The molecule has 2 aliphatic heterocycles.